The molecule has 0 radical (unpaired) electrons. The fraction of sp³-hybridized carbons (Fsp3) is 0. The average Bonchev–Trinajstić information content (AvgIpc) is 3.10. The molecule has 0 aliphatic carbocycles. The molecule has 0 spiro atoms. The molecule has 0 bridgehead atoms. The Balaban J connectivity index is 1.88. The highest BCUT2D eigenvalue weighted by Gasteiger charge is 2.11. The first-order valence-corrected chi connectivity index (χ1v) is 6.88. The Morgan fingerprint density at radius 3 is 2.55 bits per heavy atom. The first-order valence-electron chi connectivity index (χ1n) is 6.88. The van der Waals surface area contributed by atoms with Crippen molar-refractivity contribution in [3.05, 3.63) is 67.2 Å². The average molecular weight is 288 g/mol. The fourth-order valence-corrected chi connectivity index (χ4v) is 2.26. The molecule has 3 aromatic heterocycles. The first kappa shape index (κ1) is 12.5. The van der Waals surface area contributed by atoms with Crippen LogP contribution in [0.2, 0.25) is 0 Å². The van der Waals surface area contributed by atoms with Crippen LogP contribution in [0.5, 0.6) is 0 Å². The van der Waals surface area contributed by atoms with Crippen molar-refractivity contribution in [3.8, 4) is 11.6 Å². The predicted molar refractivity (Wildman–Crippen MR) is 84.8 cm³/mol. The quantitative estimate of drug-likeness (QED) is 0.616. The van der Waals surface area contributed by atoms with Gasteiger partial charge >= 0.3 is 0 Å². The summed E-state index contributed by atoms with van der Waals surface area (Å²) < 4.78 is 5.41. The number of hydrogen-bond donors (Lipinski definition) is 1. The minimum Gasteiger partial charge on any atom is -0.461 e. The van der Waals surface area contributed by atoms with Crippen LogP contribution in [0.1, 0.15) is 0 Å². The van der Waals surface area contributed by atoms with Crippen molar-refractivity contribution in [2.75, 3.05) is 5.32 Å². The third-order valence-electron chi connectivity index (χ3n) is 3.29. The summed E-state index contributed by atoms with van der Waals surface area (Å²) in [6, 6.07) is 15.3. The van der Waals surface area contributed by atoms with Crippen molar-refractivity contribution >= 4 is 22.4 Å². The van der Waals surface area contributed by atoms with E-state index < -0.39 is 0 Å². The lowest BCUT2D eigenvalue weighted by molar-refractivity contribution is 0.577. The Kier molecular flexibility index (Phi) is 3.01. The van der Waals surface area contributed by atoms with Gasteiger partial charge in [-0.05, 0) is 36.4 Å². The Labute approximate surface area is 126 Å². The molecule has 0 atom stereocenters. The van der Waals surface area contributed by atoms with Gasteiger partial charge in [0.1, 0.15) is 5.82 Å². The molecule has 1 N–H and O–H groups in total. The summed E-state index contributed by atoms with van der Waals surface area (Å²) in [5, 5.41) is 4.27. The predicted octanol–water partition coefficient (Wildman–Crippen LogP) is 4.03. The van der Waals surface area contributed by atoms with Gasteiger partial charge in [0, 0.05) is 23.5 Å². The molecule has 0 saturated carbocycles. The summed E-state index contributed by atoms with van der Waals surface area (Å²) in [6.07, 6.45) is 5.09. The zero-order valence-corrected chi connectivity index (χ0v) is 11.6. The number of furan rings is 1. The maximum absolute atomic E-state index is 5.41. The molecule has 0 unspecified atom stereocenters. The van der Waals surface area contributed by atoms with E-state index in [-0.39, 0.29) is 0 Å². The van der Waals surface area contributed by atoms with Gasteiger partial charge in [0.15, 0.2) is 11.6 Å². The molecule has 0 saturated heterocycles. The molecule has 0 aliphatic rings. The van der Waals surface area contributed by atoms with Crippen LogP contribution < -0.4 is 5.32 Å². The van der Waals surface area contributed by atoms with Crippen molar-refractivity contribution in [1.29, 1.82) is 0 Å². The summed E-state index contributed by atoms with van der Waals surface area (Å²) in [5.74, 6) is 1.94. The maximum Gasteiger partial charge on any atom is 0.198 e. The number of benzene rings is 1. The highest BCUT2D eigenvalue weighted by atomic mass is 16.3. The van der Waals surface area contributed by atoms with E-state index in [1.54, 1.807) is 18.7 Å². The van der Waals surface area contributed by atoms with Gasteiger partial charge in [-0.2, -0.15) is 0 Å². The second-order valence-electron chi connectivity index (χ2n) is 4.75. The lowest BCUT2D eigenvalue weighted by atomic mass is 10.2. The third kappa shape index (κ3) is 2.29. The van der Waals surface area contributed by atoms with Gasteiger partial charge in [0.05, 0.1) is 11.8 Å². The number of rotatable bonds is 3. The lowest BCUT2D eigenvalue weighted by Gasteiger charge is -2.09. The molecule has 0 aliphatic heterocycles. The van der Waals surface area contributed by atoms with Gasteiger partial charge in [-0.25, -0.2) is 9.97 Å². The number of hydrogen-bond acceptors (Lipinski definition) is 5. The summed E-state index contributed by atoms with van der Waals surface area (Å²) in [4.78, 5) is 13.2. The summed E-state index contributed by atoms with van der Waals surface area (Å²) in [5.41, 5.74) is 1.78. The Morgan fingerprint density at radius 1 is 0.864 bits per heavy atom. The summed E-state index contributed by atoms with van der Waals surface area (Å²) >= 11 is 0. The van der Waals surface area contributed by atoms with Crippen LogP contribution >= 0.6 is 0 Å². The van der Waals surface area contributed by atoms with Crippen molar-refractivity contribution < 1.29 is 4.42 Å². The number of aromatic nitrogens is 3. The minimum atomic E-state index is 0.556. The monoisotopic (exact) mass is 288 g/mol. The number of anilines is 2. The smallest absolute Gasteiger partial charge is 0.198 e. The van der Waals surface area contributed by atoms with Crippen molar-refractivity contribution in [2.45, 2.75) is 0 Å². The van der Waals surface area contributed by atoms with E-state index in [2.05, 4.69) is 20.3 Å². The Morgan fingerprint density at radius 2 is 1.73 bits per heavy atom. The number of pyridine rings is 1. The van der Waals surface area contributed by atoms with Crippen LogP contribution in [-0.4, -0.2) is 15.0 Å². The molecule has 4 rings (SSSR count). The number of fused-ring (bicyclic) bond motifs is 1. The molecule has 4 aromatic rings. The standard InChI is InChI=1S/C17H12N4O/c1-2-5-14-13(4-1)16(19-12-7-9-18-10-8-12)21-17(20-14)15-6-3-11-22-15/h1-11H,(H,18,19,20,21). The first-order chi connectivity index (χ1) is 10.9. The van der Waals surface area contributed by atoms with Gasteiger partial charge < -0.3 is 9.73 Å². The molecule has 22 heavy (non-hydrogen) atoms. The van der Waals surface area contributed by atoms with Gasteiger partial charge in [0.2, 0.25) is 0 Å². The molecule has 3 heterocycles. The van der Waals surface area contributed by atoms with Crippen molar-refractivity contribution in [2.24, 2.45) is 0 Å². The van der Waals surface area contributed by atoms with Crippen LogP contribution in [-0.2, 0) is 0 Å². The lowest BCUT2D eigenvalue weighted by Crippen LogP contribution is -1.99. The minimum absolute atomic E-state index is 0.556. The SMILES string of the molecule is c1coc(-c2nc(Nc3ccncc3)c3ccccc3n2)c1. The zero-order valence-electron chi connectivity index (χ0n) is 11.6. The topological polar surface area (TPSA) is 63.8 Å². The fourth-order valence-electron chi connectivity index (χ4n) is 2.26. The second kappa shape index (κ2) is 5.29. The highest BCUT2D eigenvalue weighted by Crippen LogP contribution is 2.27. The molecule has 0 fully saturated rings. The number of nitrogens with zero attached hydrogens (tertiary/aromatic N) is 3. The molecule has 5 heteroatoms. The Hall–Kier alpha value is -3.21. The summed E-state index contributed by atoms with van der Waals surface area (Å²) in [7, 11) is 0. The number of nitrogens with one attached hydrogen (secondary N) is 1. The summed E-state index contributed by atoms with van der Waals surface area (Å²) in [6.45, 7) is 0. The van der Waals surface area contributed by atoms with Gasteiger partial charge in [-0.3, -0.25) is 4.98 Å². The number of para-hydroxylation sites is 1. The second-order valence-corrected chi connectivity index (χ2v) is 4.75. The normalized spacial score (nSPS) is 10.7. The van der Waals surface area contributed by atoms with Gasteiger partial charge in [0.25, 0.3) is 0 Å². The van der Waals surface area contributed by atoms with Crippen LogP contribution in [0.3, 0.4) is 0 Å². The van der Waals surface area contributed by atoms with Gasteiger partial charge in [-0.15, -0.1) is 0 Å². The van der Waals surface area contributed by atoms with E-state index in [0.717, 1.165) is 22.4 Å². The molecule has 106 valence electrons. The van der Waals surface area contributed by atoms with E-state index in [0.29, 0.717) is 11.6 Å². The van der Waals surface area contributed by atoms with Crippen LogP contribution in [0.15, 0.2) is 71.6 Å². The van der Waals surface area contributed by atoms with E-state index in [1.807, 2.05) is 48.5 Å². The van der Waals surface area contributed by atoms with Gasteiger partial charge in [-0.1, -0.05) is 12.1 Å². The maximum atomic E-state index is 5.41. The van der Waals surface area contributed by atoms with Crippen molar-refractivity contribution in [3.63, 3.8) is 0 Å². The highest BCUT2D eigenvalue weighted by molar-refractivity contribution is 5.91. The van der Waals surface area contributed by atoms with Crippen LogP contribution in [0, 0.1) is 0 Å². The van der Waals surface area contributed by atoms with E-state index >= 15 is 0 Å². The third-order valence-corrected chi connectivity index (χ3v) is 3.29. The Bertz CT molecular complexity index is 905. The van der Waals surface area contributed by atoms with Crippen LogP contribution in [0.4, 0.5) is 11.5 Å². The molecule has 0 amide bonds. The van der Waals surface area contributed by atoms with Crippen molar-refractivity contribution in [1.82, 2.24) is 15.0 Å². The van der Waals surface area contributed by atoms with Crippen LogP contribution in [0.25, 0.3) is 22.5 Å². The molecule has 1 aromatic carbocycles. The zero-order chi connectivity index (χ0) is 14.8. The molecule has 5 nitrogen and oxygen atoms in total. The van der Waals surface area contributed by atoms with E-state index in [1.165, 1.54) is 0 Å². The molecular formula is C17H12N4O. The molecular weight excluding hydrogens is 276 g/mol. The van der Waals surface area contributed by atoms with E-state index in [4.69, 9.17) is 4.42 Å². The largest absolute Gasteiger partial charge is 0.461 e. The van der Waals surface area contributed by atoms with E-state index in [9.17, 15) is 0 Å².